The normalized spacial score (nSPS) is 11.9. The largest absolute Gasteiger partial charge is 0.370 e. The molecule has 0 aliphatic heterocycles. The lowest BCUT2D eigenvalue weighted by molar-refractivity contribution is -0.123. The van der Waals surface area contributed by atoms with Gasteiger partial charge in [-0.1, -0.05) is 13.8 Å². The minimum absolute atomic E-state index is 0.0367. The molecule has 1 aromatic heterocycles. The summed E-state index contributed by atoms with van der Waals surface area (Å²) in [5, 5.41) is 6.01. The minimum atomic E-state index is -0.0956. The van der Waals surface area contributed by atoms with Crippen molar-refractivity contribution in [2.45, 2.75) is 34.1 Å². The van der Waals surface area contributed by atoms with Crippen molar-refractivity contribution in [1.29, 1.82) is 0 Å². The predicted molar refractivity (Wildman–Crippen MR) is 86.8 cm³/mol. The number of nitrogens with one attached hydrogen (secondary N) is 2. The van der Waals surface area contributed by atoms with E-state index in [1.165, 1.54) is 0 Å². The molecule has 0 aliphatic rings. The Kier molecular flexibility index (Phi) is 6.39. The maximum Gasteiger partial charge on any atom is 0.224 e. The summed E-state index contributed by atoms with van der Waals surface area (Å²) in [5.74, 6) is 2.42. The molecule has 0 aromatic carbocycles. The van der Waals surface area contributed by atoms with Crippen LogP contribution >= 0.6 is 0 Å². The molecule has 0 radical (unpaired) electrons. The van der Waals surface area contributed by atoms with E-state index in [1.807, 2.05) is 32.7 Å². The topological polar surface area (TPSA) is 70.2 Å². The monoisotopic (exact) mass is 293 g/mol. The Labute approximate surface area is 127 Å². The molecule has 1 rings (SSSR count). The maximum atomic E-state index is 11.7. The number of hydrogen-bond donors (Lipinski definition) is 2. The molecule has 1 heterocycles. The molecule has 21 heavy (non-hydrogen) atoms. The van der Waals surface area contributed by atoms with Crippen LogP contribution in [0.2, 0.25) is 0 Å². The minimum Gasteiger partial charge on any atom is -0.370 e. The summed E-state index contributed by atoms with van der Waals surface area (Å²) in [4.78, 5) is 22.6. The first-order valence-electron chi connectivity index (χ1n) is 7.42. The van der Waals surface area contributed by atoms with Gasteiger partial charge >= 0.3 is 0 Å². The third-order valence-electron chi connectivity index (χ3n) is 3.38. The zero-order chi connectivity index (χ0) is 16.0. The highest BCUT2D eigenvalue weighted by Gasteiger charge is 2.18. The molecule has 0 saturated heterocycles. The van der Waals surface area contributed by atoms with Gasteiger partial charge in [-0.15, -0.1) is 0 Å². The van der Waals surface area contributed by atoms with E-state index in [0.717, 1.165) is 36.0 Å². The highest BCUT2D eigenvalue weighted by Crippen LogP contribution is 2.23. The average molecular weight is 293 g/mol. The second kappa shape index (κ2) is 7.81. The maximum absolute atomic E-state index is 11.7. The van der Waals surface area contributed by atoms with Crippen LogP contribution in [0.4, 0.5) is 11.6 Å². The zero-order valence-corrected chi connectivity index (χ0v) is 13.9. The predicted octanol–water partition coefficient (Wildman–Crippen LogP) is 1.73. The van der Waals surface area contributed by atoms with Crippen LogP contribution < -0.4 is 15.5 Å². The van der Waals surface area contributed by atoms with Crippen LogP contribution in [0.5, 0.6) is 0 Å². The van der Waals surface area contributed by atoms with E-state index in [1.54, 1.807) is 7.05 Å². The summed E-state index contributed by atoms with van der Waals surface area (Å²) in [7, 11) is 3.61. The summed E-state index contributed by atoms with van der Waals surface area (Å²) in [5.41, 5.74) is 1.01. The second-order valence-electron chi connectivity index (χ2n) is 5.39. The van der Waals surface area contributed by atoms with Crippen molar-refractivity contribution < 1.29 is 4.79 Å². The summed E-state index contributed by atoms with van der Waals surface area (Å²) in [6.07, 6.45) is 1.04. The van der Waals surface area contributed by atoms with E-state index >= 15 is 0 Å². The van der Waals surface area contributed by atoms with E-state index in [2.05, 4.69) is 27.5 Å². The summed E-state index contributed by atoms with van der Waals surface area (Å²) in [6, 6.07) is 0. The Morgan fingerprint density at radius 3 is 2.57 bits per heavy atom. The van der Waals surface area contributed by atoms with Gasteiger partial charge in [-0.3, -0.25) is 4.79 Å². The Balaban J connectivity index is 2.95. The number of hydrogen-bond acceptors (Lipinski definition) is 5. The number of aryl methyl sites for hydroxylation is 1. The van der Waals surface area contributed by atoms with Crippen molar-refractivity contribution in [3.8, 4) is 0 Å². The SMILES string of the molecule is CCCNc1nc(C)nc(N(C)CC(C)C(=O)NC)c1C. The molecule has 0 spiro atoms. The molecule has 1 atom stereocenters. The number of amides is 1. The molecular formula is C15H27N5O. The van der Waals surface area contributed by atoms with Crippen LogP contribution in [0.1, 0.15) is 31.7 Å². The third kappa shape index (κ3) is 4.58. The second-order valence-corrected chi connectivity index (χ2v) is 5.39. The quantitative estimate of drug-likeness (QED) is 0.801. The van der Waals surface area contributed by atoms with Gasteiger partial charge in [-0.05, 0) is 20.3 Å². The van der Waals surface area contributed by atoms with Gasteiger partial charge in [-0.25, -0.2) is 9.97 Å². The average Bonchev–Trinajstić information content (AvgIpc) is 2.46. The van der Waals surface area contributed by atoms with Gasteiger partial charge in [0.2, 0.25) is 5.91 Å². The van der Waals surface area contributed by atoms with Crippen molar-refractivity contribution in [2.75, 3.05) is 37.4 Å². The summed E-state index contributed by atoms with van der Waals surface area (Å²) in [6.45, 7) is 9.42. The molecule has 1 unspecified atom stereocenters. The highest BCUT2D eigenvalue weighted by atomic mass is 16.1. The molecule has 6 nitrogen and oxygen atoms in total. The fraction of sp³-hybridized carbons (Fsp3) is 0.667. The van der Waals surface area contributed by atoms with Crippen LogP contribution in [-0.4, -0.2) is 43.1 Å². The first-order valence-corrected chi connectivity index (χ1v) is 7.42. The molecule has 0 saturated carbocycles. The van der Waals surface area contributed by atoms with Crippen molar-refractivity contribution >= 4 is 17.5 Å². The fourth-order valence-corrected chi connectivity index (χ4v) is 2.23. The van der Waals surface area contributed by atoms with E-state index in [-0.39, 0.29) is 11.8 Å². The van der Waals surface area contributed by atoms with Gasteiger partial charge in [0.05, 0.1) is 5.92 Å². The number of carbonyl (C=O) groups is 1. The fourth-order valence-electron chi connectivity index (χ4n) is 2.23. The van der Waals surface area contributed by atoms with Crippen LogP contribution in [-0.2, 0) is 4.79 Å². The lowest BCUT2D eigenvalue weighted by atomic mass is 10.1. The van der Waals surface area contributed by atoms with E-state index in [4.69, 9.17) is 0 Å². The van der Waals surface area contributed by atoms with Crippen LogP contribution in [0, 0.1) is 19.8 Å². The molecular weight excluding hydrogens is 266 g/mol. The zero-order valence-electron chi connectivity index (χ0n) is 13.9. The smallest absolute Gasteiger partial charge is 0.224 e. The molecule has 0 bridgehead atoms. The Morgan fingerprint density at radius 2 is 2.00 bits per heavy atom. The number of rotatable bonds is 7. The van der Waals surface area contributed by atoms with E-state index in [0.29, 0.717) is 6.54 Å². The van der Waals surface area contributed by atoms with Crippen molar-refractivity contribution in [2.24, 2.45) is 5.92 Å². The molecule has 2 N–H and O–H groups in total. The number of aromatic nitrogens is 2. The number of anilines is 2. The highest BCUT2D eigenvalue weighted by molar-refractivity contribution is 5.78. The molecule has 0 fully saturated rings. The Morgan fingerprint density at radius 1 is 1.33 bits per heavy atom. The van der Waals surface area contributed by atoms with Gasteiger partial charge in [0.25, 0.3) is 0 Å². The van der Waals surface area contributed by atoms with Crippen LogP contribution in [0.15, 0.2) is 0 Å². The van der Waals surface area contributed by atoms with Crippen molar-refractivity contribution in [3.05, 3.63) is 11.4 Å². The Bertz CT molecular complexity index is 489. The molecule has 1 aromatic rings. The lowest BCUT2D eigenvalue weighted by Crippen LogP contribution is -2.35. The van der Waals surface area contributed by atoms with Gasteiger partial charge in [0.15, 0.2) is 0 Å². The molecule has 1 amide bonds. The van der Waals surface area contributed by atoms with Gasteiger partial charge in [0, 0.05) is 32.7 Å². The lowest BCUT2D eigenvalue weighted by Gasteiger charge is -2.24. The molecule has 0 aliphatic carbocycles. The van der Waals surface area contributed by atoms with E-state index < -0.39 is 0 Å². The molecule has 6 heteroatoms. The van der Waals surface area contributed by atoms with Gasteiger partial charge < -0.3 is 15.5 Å². The number of carbonyl (C=O) groups excluding carboxylic acids is 1. The first-order chi connectivity index (χ1) is 9.90. The van der Waals surface area contributed by atoms with Crippen LogP contribution in [0.3, 0.4) is 0 Å². The van der Waals surface area contributed by atoms with Crippen LogP contribution in [0.25, 0.3) is 0 Å². The van der Waals surface area contributed by atoms with Crippen molar-refractivity contribution in [3.63, 3.8) is 0 Å². The van der Waals surface area contributed by atoms with Crippen molar-refractivity contribution in [1.82, 2.24) is 15.3 Å². The third-order valence-corrected chi connectivity index (χ3v) is 3.38. The first kappa shape index (κ1) is 17.2. The molecule has 118 valence electrons. The Hall–Kier alpha value is -1.85. The van der Waals surface area contributed by atoms with E-state index in [9.17, 15) is 4.79 Å². The van der Waals surface area contributed by atoms with Gasteiger partial charge in [-0.2, -0.15) is 0 Å². The summed E-state index contributed by atoms with van der Waals surface area (Å²) < 4.78 is 0. The summed E-state index contributed by atoms with van der Waals surface area (Å²) >= 11 is 0. The van der Waals surface area contributed by atoms with Gasteiger partial charge in [0.1, 0.15) is 17.5 Å². The number of nitrogens with zero attached hydrogens (tertiary/aromatic N) is 3. The standard InChI is InChI=1S/C15H27N5O/c1-7-8-17-13-11(3)14(19-12(4)18-13)20(6)9-10(2)15(21)16-5/h10H,7-9H2,1-6H3,(H,16,21)(H,17,18,19).